The van der Waals surface area contributed by atoms with Gasteiger partial charge in [0.2, 0.25) is 0 Å². The summed E-state index contributed by atoms with van der Waals surface area (Å²) in [5.74, 6) is 0.800. The lowest BCUT2D eigenvalue weighted by atomic mass is 10.1. The Labute approximate surface area is 150 Å². The maximum atomic E-state index is 5.89. The number of halogens is 1. The Bertz CT molecular complexity index is 839. The van der Waals surface area contributed by atoms with Gasteiger partial charge in [-0.05, 0) is 23.8 Å². The van der Waals surface area contributed by atoms with E-state index >= 15 is 0 Å². The summed E-state index contributed by atoms with van der Waals surface area (Å²) >= 11 is 3.34. The second-order valence-corrected chi connectivity index (χ2v) is 6.33. The van der Waals surface area contributed by atoms with Crippen molar-refractivity contribution < 1.29 is 4.74 Å². The van der Waals surface area contributed by atoms with Gasteiger partial charge in [0.1, 0.15) is 12.4 Å². The van der Waals surface area contributed by atoms with Gasteiger partial charge in [0, 0.05) is 22.4 Å². The summed E-state index contributed by atoms with van der Waals surface area (Å²) in [6.07, 6.45) is 7.60. The molecule has 0 N–H and O–H groups in total. The van der Waals surface area contributed by atoms with Crippen LogP contribution in [0.3, 0.4) is 0 Å². The van der Waals surface area contributed by atoms with Crippen LogP contribution in [-0.2, 0) is 0 Å². The molecule has 0 atom stereocenters. The van der Waals surface area contributed by atoms with E-state index in [0.717, 1.165) is 27.1 Å². The van der Waals surface area contributed by atoms with E-state index in [2.05, 4.69) is 45.7 Å². The molecule has 0 amide bonds. The van der Waals surface area contributed by atoms with Crippen LogP contribution < -0.4 is 4.74 Å². The van der Waals surface area contributed by atoms with Gasteiger partial charge in [0.05, 0.1) is 12.0 Å². The van der Waals surface area contributed by atoms with Gasteiger partial charge in [-0.2, -0.15) is 0 Å². The molecule has 0 bridgehead atoms. The number of rotatable bonds is 6. The average Bonchev–Trinajstić information content (AvgIpc) is 3.13. The van der Waals surface area contributed by atoms with Crippen LogP contribution in [0.5, 0.6) is 5.75 Å². The molecular weight excluding hydrogens is 364 g/mol. The van der Waals surface area contributed by atoms with Crippen LogP contribution in [0.2, 0.25) is 0 Å². The van der Waals surface area contributed by atoms with Crippen molar-refractivity contribution in [3.05, 3.63) is 95.5 Å². The van der Waals surface area contributed by atoms with Crippen LogP contribution in [0.25, 0.3) is 11.8 Å². The SMILES string of the molecule is C=C(Br)COc1ccccc1/C(=C/c1ccccc1)n1ccnc1. The minimum Gasteiger partial charge on any atom is -0.488 e. The van der Waals surface area contributed by atoms with Gasteiger partial charge < -0.3 is 9.30 Å². The lowest BCUT2D eigenvalue weighted by Gasteiger charge is -2.15. The minimum atomic E-state index is 0.416. The fourth-order valence-corrected chi connectivity index (χ4v) is 2.47. The summed E-state index contributed by atoms with van der Waals surface area (Å²) in [6, 6.07) is 18.2. The Morgan fingerprint density at radius 1 is 1.12 bits per heavy atom. The van der Waals surface area contributed by atoms with Crippen LogP contribution in [0.4, 0.5) is 0 Å². The Balaban J connectivity index is 2.07. The molecule has 120 valence electrons. The highest BCUT2D eigenvalue weighted by Gasteiger charge is 2.11. The lowest BCUT2D eigenvalue weighted by Crippen LogP contribution is -2.02. The third-order valence-corrected chi connectivity index (χ3v) is 3.66. The molecule has 0 aliphatic heterocycles. The smallest absolute Gasteiger partial charge is 0.129 e. The topological polar surface area (TPSA) is 27.1 Å². The van der Waals surface area contributed by atoms with Crippen LogP contribution in [-0.4, -0.2) is 16.2 Å². The zero-order valence-electron chi connectivity index (χ0n) is 13.1. The first-order valence-electron chi connectivity index (χ1n) is 7.54. The molecule has 0 radical (unpaired) electrons. The highest BCUT2D eigenvalue weighted by atomic mass is 79.9. The highest BCUT2D eigenvalue weighted by molar-refractivity contribution is 9.11. The second kappa shape index (κ2) is 7.79. The van der Waals surface area contributed by atoms with Crippen molar-refractivity contribution in [2.45, 2.75) is 0 Å². The van der Waals surface area contributed by atoms with E-state index in [4.69, 9.17) is 4.74 Å². The summed E-state index contributed by atoms with van der Waals surface area (Å²) in [6.45, 7) is 4.24. The number of hydrogen-bond donors (Lipinski definition) is 0. The zero-order valence-corrected chi connectivity index (χ0v) is 14.7. The molecule has 3 nitrogen and oxygen atoms in total. The van der Waals surface area contributed by atoms with Crippen molar-refractivity contribution in [2.75, 3.05) is 6.61 Å². The van der Waals surface area contributed by atoms with Gasteiger partial charge in [0.25, 0.3) is 0 Å². The molecule has 3 rings (SSSR count). The molecule has 1 aromatic heterocycles. The number of imidazole rings is 1. The van der Waals surface area contributed by atoms with Crippen LogP contribution in [0.15, 0.2) is 84.4 Å². The normalized spacial score (nSPS) is 11.3. The van der Waals surface area contributed by atoms with Crippen molar-refractivity contribution in [1.82, 2.24) is 9.55 Å². The first-order chi connectivity index (χ1) is 11.7. The van der Waals surface area contributed by atoms with Crippen LogP contribution >= 0.6 is 15.9 Å². The number of hydrogen-bond acceptors (Lipinski definition) is 2. The molecule has 0 unspecified atom stereocenters. The quantitative estimate of drug-likeness (QED) is 0.548. The molecule has 0 saturated heterocycles. The molecule has 2 aromatic carbocycles. The first kappa shape index (κ1) is 16.3. The third kappa shape index (κ3) is 4.03. The van der Waals surface area contributed by atoms with E-state index in [1.54, 1.807) is 12.5 Å². The van der Waals surface area contributed by atoms with Crippen molar-refractivity contribution in [2.24, 2.45) is 0 Å². The molecule has 4 heteroatoms. The molecule has 3 aromatic rings. The van der Waals surface area contributed by atoms with Gasteiger partial charge in [0.15, 0.2) is 0 Å². The van der Waals surface area contributed by atoms with Gasteiger partial charge in [-0.1, -0.05) is 65.0 Å². The van der Waals surface area contributed by atoms with E-state index in [1.165, 1.54) is 0 Å². The molecule has 1 heterocycles. The summed E-state index contributed by atoms with van der Waals surface area (Å²) < 4.78 is 8.68. The summed E-state index contributed by atoms with van der Waals surface area (Å²) in [7, 11) is 0. The molecule has 0 spiro atoms. The van der Waals surface area contributed by atoms with E-state index in [0.29, 0.717) is 6.61 Å². The van der Waals surface area contributed by atoms with Gasteiger partial charge in [-0.15, -0.1) is 0 Å². The van der Waals surface area contributed by atoms with E-state index < -0.39 is 0 Å². The van der Waals surface area contributed by atoms with Gasteiger partial charge in [-0.25, -0.2) is 4.98 Å². The Hall–Kier alpha value is -2.59. The lowest BCUT2D eigenvalue weighted by molar-refractivity contribution is 0.359. The number of benzene rings is 2. The molecule has 0 saturated carbocycles. The molecule has 0 aliphatic carbocycles. The maximum absolute atomic E-state index is 5.89. The van der Waals surface area contributed by atoms with Crippen LogP contribution in [0, 0.1) is 0 Å². The standard InChI is InChI=1S/C20H17BrN2O/c1-16(21)14-24-20-10-6-5-9-18(20)19(23-12-11-22-15-23)13-17-7-3-2-4-8-17/h2-13,15H,1,14H2/b19-13-. The predicted molar refractivity (Wildman–Crippen MR) is 102 cm³/mol. The number of ether oxygens (including phenoxy) is 1. The number of aromatic nitrogens is 2. The number of para-hydroxylation sites is 1. The van der Waals surface area contributed by atoms with Gasteiger partial charge in [-0.3, -0.25) is 0 Å². The largest absolute Gasteiger partial charge is 0.488 e. The first-order valence-corrected chi connectivity index (χ1v) is 8.34. The third-order valence-electron chi connectivity index (χ3n) is 3.43. The fourth-order valence-electron chi connectivity index (χ4n) is 2.36. The van der Waals surface area contributed by atoms with E-state index in [-0.39, 0.29) is 0 Å². The zero-order chi connectivity index (χ0) is 16.8. The molecular formula is C20H17BrN2O. The molecule has 0 fully saturated rings. The van der Waals surface area contributed by atoms with E-state index in [1.807, 2.05) is 53.2 Å². The Kier molecular flexibility index (Phi) is 5.29. The van der Waals surface area contributed by atoms with Crippen molar-refractivity contribution >= 4 is 27.7 Å². The predicted octanol–water partition coefficient (Wildman–Crippen LogP) is 5.22. The average molecular weight is 381 g/mol. The summed E-state index contributed by atoms with van der Waals surface area (Å²) in [5.41, 5.74) is 3.10. The maximum Gasteiger partial charge on any atom is 0.129 e. The van der Waals surface area contributed by atoms with Crippen LogP contribution in [0.1, 0.15) is 11.1 Å². The summed E-state index contributed by atoms with van der Waals surface area (Å²) in [4.78, 5) is 4.17. The Morgan fingerprint density at radius 2 is 1.88 bits per heavy atom. The van der Waals surface area contributed by atoms with E-state index in [9.17, 15) is 0 Å². The summed E-state index contributed by atoms with van der Waals surface area (Å²) in [5, 5.41) is 0. The Morgan fingerprint density at radius 3 is 2.58 bits per heavy atom. The molecule has 24 heavy (non-hydrogen) atoms. The van der Waals surface area contributed by atoms with Crippen molar-refractivity contribution in [3.63, 3.8) is 0 Å². The van der Waals surface area contributed by atoms with Gasteiger partial charge >= 0.3 is 0 Å². The fraction of sp³-hybridized carbons (Fsp3) is 0.0500. The highest BCUT2D eigenvalue weighted by Crippen LogP contribution is 2.29. The van der Waals surface area contributed by atoms with Crippen molar-refractivity contribution in [3.8, 4) is 5.75 Å². The second-order valence-electron chi connectivity index (χ2n) is 5.21. The number of nitrogens with zero attached hydrogens (tertiary/aromatic N) is 2. The monoisotopic (exact) mass is 380 g/mol. The minimum absolute atomic E-state index is 0.416. The van der Waals surface area contributed by atoms with Crippen molar-refractivity contribution in [1.29, 1.82) is 0 Å². The molecule has 0 aliphatic rings.